The lowest BCUT2D eigenvalue weighted by atomic mass is 10.1. The van der Waals surface area contributed by atoms with Crippen LogP contribution in [0.25, 0.3) is 21.8 Å². The average molecular weight is 264 g/mol. The molecule has 0 radical (unpaired) electrons. The van der Waals surface area contributed by atoms with E-state index in [4.69, 9.17) is 0 Å². The number of hydrogen-bond acceptors (Lipinski definition) is 3. The lowest BCUT2D eigenvalue weighted by Crippen LogP contribution is -2.03. The van der Waals surface area contributed by atoms with Crippen LogP contribution >= 0.6 is 0 Å². The number of benzene rings is 2. The Hall–Kier alpha value is -2.88. The van der Waals surface area contributed by atoms with Crippen molar-refractivity contribution in [3.63, 3.8) is 0 Å². The van der Waals surface area contributed by atoms with E-state index in [1.165, 1.54) is 12.7 Å². The number of fused-ring (bicyclic) bond motifs is 2. The summed E-state index contributed by atoms with van der Waals surface area (Å²) in [4.78, 5) is 18.9. The molecule has 4 heteroatoms. The Labute approximate surface area is 114 Å². The summed E-state index contributed by atoms with van der Waals surface area (Å²) in [6.07, 6.45) is 4.47. The molecule has 2 aromatic heterocycles. The molecule has 4 rings (SSSR count). The van der Waals surface area contributed by atoms with Gasteiger partial charge in [-0.1, -0.05) is 24.3 Å². The first-order chi connectivity index (χ1) is 9.86. The topological polar surface area (TPSA) is 58.9 Å². The number of H-pyrrole nitrogens is 1. The van der Waals surface area contributed by atoms with Gasteiger partial charge in [0.05, 0.1) is 6.20 Å². The van der Waals surface area contributed by atoms with Crippen LogP contribution in [0.15, 0.2) is 76.6 Å². The minimum atomic E-state index is 0.0972. The van der Waals surface area contributed by atoms with E-state index in [9.17, 15) is 4.79 Å². The van der Waals surface area contributed by atoms with Crippen molar-refractivity contribution >= 4 is 21.8 Å². The van der Waals surface area contributed by atoms with Gasteiger partial charge in [-0.05, 0) is 24.3 Å². The standard InChI is InChI=1S/C13H9NO.C3H3NO/c15-13-9-5-1-3-7-11(9)14-12-8-4-2-6-10(12)13;1-2-5-3-4-1/h1-8H,(H,14,15);1-3H. The number of pyridine rings is 1. The van der Waals surface area contributed by atoms with Gasteiger partial charge in [0.2, 0.25) is 0 Å². The number of rotatable bonds is 0. The molecule has 0 unspecified atom stereocenters. The Morgan fingerprint density at radius 1 is 0.900 bits per heavy atom. The van der Waals surface area contributed by atoms with Crippen molar-refractivity contribution in [2.24, 2.45) is 0 Å². The highest BCUT2D eigenvalue weighted by Gasteiger charge is 2.02. The SMILES string of the molecule is O=c1c2ccccc2[nH]c2ccccc12.c1cocn1. The van der Waals surface area contributed by atoms with Gasteiger partial charge in [0.25, 0.3) is 0 Å². The van der Waals surface area contributed by atoms with Crippen LogP contribution in [0.5, 0.6) is 0 Å². The molecule has 4 nitrogen and oxygen atoms in total. The lowest BCUT2D eigenvalue weighted by Gasteiger charge is -2.01. The summed E-state index contributed by atoms with van der Waals surface area (Å²) >= 11 is 0. The molecular formula is C16H12N2O2. The lowest BCUT2D eigenvalue weighted by molar-refractivity contribution is 0.558. The maximum absolute atomic E-state index is 12.1. The smallest absolute Gasteiger partial charge is 0.197 e. The molecule has 98 valence electrons. The van der Waals surface area contributed by atoms with E-state index in [1.807, 2.05) is 48.5 Å². The molecule has 0 bridgehead atoms. The number of para-hydroxylation sites is 2. The normalized spacial score (nSPS) is 10.2. The van der Waals surface area contributed by atoms with E-state index >= 15 is 0 Å². The second-order valence-corrected chi connectivity index (χ2v) is 4.22. The Morgan fingerprint density at radius 2 is 1.50 bits per heavy atom. The number of hydrogen-bond donors (Lipinski definition) is 1. The second kappa shape index (κ2) is 5.40. The minimum Gasteiger partial charge on any atom is -0.452 e. The summed E-state index contributed by atoms with van der Waals surface area (Å²) in [5.41, 5.74) is 1.88. The summed E-state index contributed by atoms with van der Waals surface area (Å²) in [7, 11) is 0. The molecule has 0 saturated carbocycles. The van der Waals surface area contributed by atoms with Gasteiger partial charge >= 0.3 is 0 Å². The molecule has 0 amide bonds. The van der Waals surface area contributed by atoms with Crippen LogP contribution in [-0.2, 0) is 0 Å². The molecule has 0 aliphatic carbocycles. The summed E-state index contributed by atoms with van der Waals surface area (Å²) in [6.45, 7) is 0. The molecule has 0 aliphatic rings. The fourth-order valence-electron chi connectivity index (χ4n) is 2.05. The fraction of sp³-hybridized carbons (Fsp3) is 0. The highest BCUT2D eigenvalue weighted by atomic mass is 16.3. The Balaban J connectivity index is 0.000000205. The van der Waals surface area contributed by atoms with E-state index in [1.54, 1.807) is 6.20 Å². The first-order valence-corrected chi connectivity index (χ1v) is 6.18. The fourth-order valence-corrected chi connectivity index (χ4v) is 2.05. The van der Waals surface area contributed by atoms with Crippen molar-refractivity contribution in [2.45, 2.75) is 0 Å². The molecule has 2 heterocycles. The van der Waals surface area contributed by atoms with Gasteiger partial charge in [0.15, 0.2) is 11.8 Å². The zero-order valence-electron chi connectivity index (χ0n) is 10.6. The van der Waals surface area contributed by atoms with Crippen LogP contribution in [0.3, 0.4) is 0 Å². The largest absolute Gasteiger partial charge is 0.452 e. The molecule has 0 aliphatic heterocycles. The molecule has 20 heavy (non-hydrogen) atoms. The molecule has 0 spiro atoms. The van der Waals surface area contributed by atoms with Crippen LogP contribution in [0, 0.1) is 0 Å². The quantitative estimate of drug-likeness (QED) is 0.495. The number of aromatic nitrogens is 2. The predicted octanol–water partition coefficient (Wildman–Crippen LogP) is 3.36. The first kappa shape index (κ1) is 12.2. The molecule has 0 atom stereocenters. The number of aromatic amines is 1. The van der Waals surface area contributed by atoms with Gasteiger partial charge < -0.3 is 9.40 Å². The van der Waals surface area contributed by atoms with Crippen molar-refractivity contribution in [3.05, 3.63) is 77.6 Å². The van der Waals surface area contributed by atoms with Crippen LogP contribution in [0.2, 0.25) is 0 Å². The molecule has 2 aromatic carbocycles. The second-order valence-electron chi connectivity index (χ2n) is 4.22. The van der Waals surface area contributed by atoms with E-state index < -0.39 is 0 Å². The zero-order chi connectivity index (χ0) is 13.8. The average Bonchev–Trinajstić information content (AvgIpc) is 3.07. The Bertz CT molecular complexity index is 805. The number of nitrogens with one attached hydrogen (secondary N) is 1. The van der Waals surface area contributed by atoms with Gasteiger partial charge in [-0.15, -0.1) is 0 Å². The van der Waals surface area contributed by atoms with Gasteiger partial charge in [-0.25, -0.2) is 4.98 Å². The highest BCUT2D eigenvalue weighted by Crippen LogP contribution is 2.13. The minimum absolute atomic E-state index is 0.0972. The maximum atomic E-state index is 12.1. The molecule has 0 saturated heterocycles. The van der Waals surface area contributed by atoms with Crippen LogP contribution in [0.1, 0.15) is 0 Å². The van der Waals surface area contributed by atoms with Crippen LogP contribution in [-0.4, -0.2) is 9.97 Å². The molecular weight excluding hydrogens is 252 g/mol. The van der Waals surface area contributed by atoms with Crippen molar-refractivity contribution in [2.75, 3.05) is 0 Å². The maximum Gasteiger partial charge on any atom is 0.197 e. The van der Waals surface area contributed by atoms with Crippen LogP contribution < -0.4 is 5.43 Å². The van der Waals surface area contributed by atoms with E-state index in [0.717, 1.165) is 21.8 Å². The molecule has 4 aromatic rings. The van der Waals surface area contributed by atoms with E-state index in [0.29, 0.717) is 0 Å². The number of nitrogens with zero attached hydrogens (tertiary/aromatic N) is 1. The monoisotopic (exact) mass is 264 g/mol. The van der Waals surface area contributed by atoms with Crippen LogP contribution in [0.4, 0.5) is 0 Å². The number of oxazole rings is 1. The summed E-state index contributed by atoms with van der Waals surface area (Å²) < 4.78 is 4.47. The predicted molar refractivity (Wildman–Crippen MR) is 78.6 cm³/mol. The zero-order valence-corrected chi connectivity index (χ0v) is 10.6. The van der Waals surface area contributed by atoms with E-state index in [-0.39, 0.29) is 5.43 Å². The Kier molecular flexibility index (Phi) is 3.29. The van der Waals surface area contributed by atoms with Crippen molar-refractivity contribution in [3.8, 4) is 0 Å². The highest BCUT2D eigenvalue weighted by molar-refractivity contribution is 5.92. The van der Waals surface area contributed by atoms with Crippen molar-refractivity contribution in [1.29, 1.82) is 0 Å². The third kappa shape index (κ3) is 2.31. The van der Waals surface area contributed by atoms with Gasteiger partial charge in [-0.2, -0.15) is 0 Å². The Morgan fingerprint density at radius 3 is 1.95 bits per heavy atom. The van der Waals surface area contributed by atoms with E-state index in [2.05, 4.69) is 14.4 Å². The first-order valence-electron chi connectivity index (χ1n) is 6.18. The summed E-state index contributed by atoms with van der Waals surface area (Å²) in [5, 5.41) is 1.49. The summed E-state index contributed by atoms with van der Waals surface area (Å²) in [5.74, 6) is 0. The molecule has 1 N–H and O–H groups in total. The van der Waals surface area contributed by atoms with Gasteiger partial charge in [0, 0.05) is 21.8 Å². The van der Waals surface area contributed by atoms with Crippen molar-refractivity contribution < 1.29 is 4.42 Å². The third-order valence-corrected chi connectivity index (χ3v) is 2.96. The summed E-state index contributed by atoms with van der Waals surface area (Å²) in [6, 6.07) is 15.1. The van der Waals surface area contributed by atoms with Crippen molar-refractivity contribution in [1.82, 2.24) is 9.97 Å². The molecule has 0 fully saturated rings. The van der Waals surface area contributed by atoms with Gasteiger partial charge in [0.1, 0.15) is 6.26 Å². The van der Waals surface area contributed by atoms with Gasteiger partial charge in [-0.3, -0.25) is 4.79 Å². The third-order valence-electron chi connectivity index (χ3n) is 2.96.